The maximum atomic E-state index is 10.9. The van der Waals surface area contributed by atoms with E-state index in [1.807, 2.05) is 24.3 Å². The largest absolute Gasteiger partial charge is 0.367 e. The van der Waals surface area contributed by atoms with Gasteiger partial charge in [0.2, 0.25) is 0 Å². The topological polar surface area (TPSA) is 81.4 Å². The van der Waals surface area contributed by atoms with Crippen LogP contribution in [0.5, 0.6) is 0 Å². The van der Waals surface area contributed by atoms with E-state index in [2.05, 4.69) is 35.9 Å². The molecule has 3 aromatic rings. The van der Waals surface area contributed by atoms with E-state index in [1.165, 1.54) is 12.1 Å². The lowest BCUT2D eigenvalue weighted by Gasteiger charge is -2.38. The number of non-ortho nitro benzene ring substituents is 1. The minimum absolute atomic E-state index is 0.0298. The Morgan fingerprint density at radius 1 is 1.10 bits per heavy atom. The molecular formula is C23H24N4O3. The number of nitro benzene ring substituents is 1. The minimum Gasteiger partial charge on any atom is -0.367 e. The first-order chi connectivity index (χ1) is 14.5. The summed E-state index contributed by atoms with van der Waals surface area (Å²) in [5.74, 6) is 1.43. The molecule has 1 fully saturated rings. The molecule has 2 heterocycles. The van der Waals surface area contributed by atoms with Crippen LogP contribution in [0, 0.1) is 10.1 Å². The molecule has 0 saturated carbocycles. The zero-order valence-corrected chi connectivity index (χ0v) is 17.1. The molecule has 0 spiro atoms. The van der Waals surface area contributed by atoms with Crippen molar-refractivity contribution in [2.24, 2.45) is 0 Å². The predicted octanol–water partition coefficient (Wildman–Crippen LogP) is 4.58. The average Bonchev–Trinajstić information content (AvgIpc) is 2.79. The summed E-state index contributed by atoms with van der Waals surface area (Å²) in [5.41, 5.74) is 2.90. The first-order valence-corrected chi connectivity index (χ1v) is 10.1. The van der Waals surface area contributed by atoms with Gasteiger partial charge in [0.15, 0.2) is 5.82 Å². The number of hydrogen-bond acceptors (Lipinski definition) is 6. The normalized spacial score (nSPS) is 18.9. The van der Waals surface area contributed by atoms with Gasteiger partial charge in [0.05, 0.1) is 11.0 Å². The van der Waals surface area contributed by atoms with Crippen LogP contribution in [0.1, 0.15) is 31.2 Å². The van der Waals surface area contributed by atoms with Crippen LogP contribution in [0.2, 0.25) is 0 Å². The summed E-state index contributed by atoms with van der Waals surface area (Å²) in [6, 6.07) is 18.6. The van der Waals surface area contributed by atoms with Crippen molar-refractivity contribution in [3.63, 3.8) is 0 Å². The van der Waals surface area contributed by atoms with Crippen molar-refractivity contribution in [3.8, 4) is 11.4 Å². The summed E-state index contributed by atoms with van der Waals surface area (Å²) < 4.78 is 6.18. The van der Waals surface area contributed by atoms with E-state index >= 15 is 0 Å². The van der Waals surface area contributed by atoms with Crippen molar-refractivity contribution in [2.45, 2.75) is 32.5 Å². The highest BCUT2D eigenvalue weighted by Crippen LogP contribution is 2.29. The molecule has 1 aliphatic rings. The highest BCUT2D eigenvalue weighted by Gasteiger charge is 2.28. The van der Waals surface area contributed by atoms with Gasteiger partial charge in [0, 0.05) is 42.5 Å². The molecule has 7 nitrogen and oxygen atoms in total. The molecule has 1 aromatic heterocycles. The number of nitrogens with zero attached hydrogens (tertiary/aromatic N) is 4. The zero-order chi connectivity index (χ0) is 21.1. The Morgan fingerprint density at radius 2 is 1.83 bits per heavy atom. The Balaban J connectivity index is 1.66. The fourth-order valence-corrected chi connectivity index (χ4v) is 3.68. The summed E-state index contributed by atoms with van der Waals surface area (Å²) in [7, 11) is 0. The van der Waals surface area contributed by atoms with Gasteiger partial charge >= 0.3 is 0 Å². The third-order valence-corrected chi connectivity index (χ3v) is 5.22. The Bertz CT molecular complexity index is 1020. The molecule has 0 bridgehead atoms. The van der Waals surface area contributed by atoms with Crippen molar-refractivity contribution >= 4 is 11.5 Å². The van der Waals surface area contributed by atoms with Gasteiger partial charge in [-0.1, -0.05) is 37.3 Å². The van der Waals surface area contributed by atoms with Gasteiger partial charge in [-0.05, 0) is 31.0 Å². The van der Waals surface area contributed by atoms with Crippen LogP contribution in [0.4, 0.5) is 11.5 Å². The number of ether oxygens (including phenoxy) is 1. The van der Waals surface area contributed by atoms with Crippen LogP contribution in [0.15, 0.2) is 60.7 Å². The third kappa shape index (κ3) is 4.31. The molecule has 0 radical (unpaired) electrons. The van der Waals surface area contributed by atoms with Crippen molar-refractivity contribution in [3.05, 3.63) is 82.0 Å². The molecule has 4 rings (SSSR count). The number of hydrogen-bond donors (Lipinski definition) is 0. The van der Waals surface area contributed by atoms with E-state index in [-0.39, 0.29) is 17.9 Å². The summed E-state index contributed by atoms with van der Waals surface area (Å²) >= 11 is 0. The van der Waals surface area contributed by atoms with E-state index in [0.717, 1.165) is 35.6 Å². The van der Waals surface area contributed by atoms with Gasteiger partial charge in [-0.3, -0.25) is 10.1 Å². The Morgan fingerprint density at radius 3 is 2.50 bits per heavy atom. The third-order valence-electron chi connectivity index (χ3n) is 5.22. The average molecular weight is 404 g/mol. The van der Waals surface area contributed by atoms with Crippen molar-refractivity contribution < 1.29 is 9.66 Å². The molecule has 1 aliphatic heterocycles. The summed E-state index contributed by atoms with van der Waals surface area (Å²) in [6.45, 7) is 5.57. The lowest BCUT2D eigenvalue weighted by Crippen LogP contribution is -2.43. The molecule has 0 N–H and O–H groups in total. The molecule has 1 saturated heterocycles. The monoisotopic (exact) mass is 404 g/mol. The number of nitro groups is 1. The fraction of sp³-hybridized carbons (Fsp3) is 0.304. The predicted molar refractivity (Wildman–Crippen MR) is 115 cm³/mol. The summed E-state index contributed by atoms with van der Waals surface area (Å²) in [6.07, 6.45) is 0.807. The first kappa shape index (κ1) is 20.0. The van der Waals surface area contributed by atoms with E-state index in [9.17, 15) is 10.1 Å². The lowest BCUT2D eigenvalue weighted by atomic mass is 10.1. The van der Waals surface area contributed by atoms with Crippen molar-refractivity contribution in [1.82, 2.24) is 9.97 Å². The maximum absolute atomic E-state index is 10.9. The van der Waals surface area contributed by atoms with Crippen LogP contribution in [-0.4, -0.2) is 34.1 Å². The standard InChI is InChI=1S/C23H24N4O3/c1-3-19-13-22(25-23(24-19)18-9-11-20(12-10-18)27(28)29)26-14-16(2)30-21(15-26)17-7-5-4-6-8-17/h4-13,16,21H,3,14-15H2,1-2H3/t16-,21-/m0/s1. The van der Waals surface area contributed by atoms with Crippen molar-refractivity contribution in [1.29, 1.82) is 0 Å². The van der Waals surface area contributed by atoms with Crippen molar-refractivity contribution in [2.75, 3.05) is 18.0 Å². The number of benzene rings is 2. The second-order valence-corrected chi connectivity index (χ2v) is 7.45. The maximum Gasteiger partial charge on any atom is 0.269 e. The molecule has 7 heteroatoms. The van der Waals surface area contributed by atoms with E-state index in [4.69, 9.17) is 9.72 Å². The molecule has 0 amide bonds. The number of rotatable bonds is 5. The smallest absolute Gasteiger partial charge is 0.269 e. The summed E-state index contributed by atoms with van der Waals surface area (Å²) in [5, 5.41) is 10.9. The highest BCUT2D eigenvalue weighted by atomic mass is 16.6. The Labute approximate surface area is 175 Å². The molecular weight excluding hydrogens is 380 g/mol. The minimum atomic E-state index is -0.405. The number of aryl methyl sites for hydroxylation is 1. The van der Waals surface area contributed by atoms with Crippen LogP contribution in [0.3, 0.4) is 0 Å². The van der Waals surface area contributed by atoms with Crippen LogP contribution >= 0.6 is 0 Å². The lowest BCUT2D eigenvalue weighted by molar-refractivity contribution is -0.384. The van der Waals surface area contributed by atoms with Gasteiger partial charge in [-0.2, -0.15) is 0 Å². The van der Waals surface area contributed by atoms with Gasteiger partial charge in [0.25, 0.3) is 5.69 Å². The second-order valence-electron chi connectivity index (χ2n) is 7.45. The van der Waals surface area contributed by atoms with Gasteiger partial charge in [0.1, 0.15) is 11.9 Å². The SMILES string of the molecule is CCc1cc(N2C[C@@H](c3ccccc3)O[C@@H](C)C2)nc(-c2ccc([N+](=O)[O-])cc2)n1. The van der Waals surface area contributed by atoms with Gasteiger partial charge in [-0.15, -0.1) is 0 Å². The van der Waals surface area contributed by atoms with Gasteiger partial charge < -0.3 is 9.64 Å². The first-order valence-electron chi connectivity index (χ1n) is 10.1. The van der Waals surface area contributed by atoms with Crippen LogP contribution in [-0.2, 0) is 11.2 Å². The number of morpholine rings is 1. The van der Waals surface area contributed by atoms with E-state index in [1.54, 1.807) is 12.1 Å². The quantitative estimate of drug-likeness (QED) is 0.457. The van der Waals surface area contributed by atoms with E-state index in [0.29, 0.717) is 12.4 Å². The van der Waals surface area contributed by atoms with E-state index < -0.39 is 4.92 Å². The van der Waals surface area contributed by atoms with Crippen LogP contribution in [0.25, 0.3) is 11.4 Å². The molecule has 2 atom stereocenters. The Hall–Kier alpha value is -3.32. The molecule has 2 aromatic carbocycles. The molecule has 0 unspecified atom stereocenters. The van der Waals surface area contributed by atoms with Crippen LogP contribution < -0.4 is 4.90 Å². The molecule has 154 valence electrons. The summed E-state index contributed by atoms with van der Waals surface area (Å²) in [4.78, 5) is 22.2. The number of anilines is 1. The molecule has 30 heavy (non-hydrogen) atoms. The zero-order valence-electron chi connectivity index (χ0n) is 17.1. The fourth-order valence-electron chi connectivity index (χ4n) is 3.68. The van der Waals surface area contributed by atoms with Gasteiger partial charge in [-0.25, -0.2) is 9.97 Å². The highest BCUT2D eigenvalue weighted by molar-refractivity contribution is 5.60. The Kier molecular flexibility index (Phi) is 5.72. The second kappa shape index (κ2) is 8.59. The number of aromatic nitrogens is 2. The molecule has 0 aliphatic carbocycles.